The Morgan fingerprint density at radius 3 is 3.00 bits per heavy atom. The molecule has 2 heterocycles. The highest BCUT2D eigenvalue weighted by atomic mass is 32.1. The van der Waals surface area contributed by atoms with Crippen molar-refractivity contribution in [2.45, 2.75) is 13.5 Å². The molecule has 2 aromatic heterocycles. The number of nitrogens with zero attached hydrogens (tertiary/aromatic N) is 3. The van der Waals surface area contributed by atoms with Crippen LogP contribution in [0.4, 0.5) is 0 Å². The van der Waals surface area contributed by atoms with E-state index in [1.54, 1.807) is 20.1 Å². The van der Waals surface area contributed by atoms with E-state index in [0.29, 0.717) is 22.0 Å². The monoisotopic (exact) mass is 330 g/mol. The molecule has 118 valence electrons. The van der Waals surface area contributed by atoms with Crippen LogP contribution in [0.2, 0.25) is 0 Å². The smallest absolute Gasteiger partial charge is 0.265 e. The summed E-state index contributed by atoms with van der Waals surface area (Å²) in [6.07, 6.45) is 0. The first-order valence-corrected chi connectivity index (χ1v) is 7.62. The van der Waals surface area contributed by atoms with Crippen LogP contribution >= 0.6 is 11.5 Å². The molecular weight excluding hydrogens is 316 g/mol. The fourth-order valence-corrected chi connectivity index (χ4v) is 2.57. The molecule has 23 heavy (non-hydrogen) atoms. The van der Waals surface area contributed by atoms with Gasteiger partial charge in [0.2, 0.25) is 0 Å². The van der Waals surface area contributed by atoms with Crippen molar-refractivity contribution >= 4 is 17.4 Å². The molecule has 0 radical (unpaired) electrons. The Labute approximate surface area is 136 Å². The maximum Gasteiger partial charge on any atom is 0.265 e. The molecule has 7 nitrogen and oxygen atoms in total. The third-order valence-corrected chi connectivity index (χ3v) is 4.03. The van der Waals surface area contributed by atoms with E-state index in [1.165, 1.54) is 0 Å². The average molecular weight is 330 g/mol. The second kappa shape index (κ2) is 6.57. The molecule has 0 aliphatic carbocycles. The Hall–Kier alpha value is -2.74. The van der Waals surface area contributed by atoms with E-state index in [0.717, 1.165) is 22.8 Å². The van der Waals surface area contributed by atoms with Crippen molar-refractivity contribution in [2.75, 3.05) is 7.11 Å². The third-order valence-electron chi connectivity index (χ3n) is 3.20. The van der Waals surface area contributed by atoms with Crippen LogP contribution in [0, 0.1) is 6.92 Å². The molecule has 3 rings (SSSR count). The maximum atomic E-state index is 12.0. The predicted molar refractivity (Wildman–Crippen MR) is 84.3 cm³/mol. The highest BCUT2D eigenvalue weighted by Gasteiger charge is 2.14. The summed E-state index contributed by atoms with van der Waals surface area (Å²) in [5, 5.41) is 10.6. The fraction of sp³-hybridized carbons (Fsp3) is 0.200. The zero-order chi connectivity index (χ0) is 16.2. The number of nitrogens with one attached hydrogen (secondary N) is 1. The number of aromatic nitrogens is 3. The number of benzene rings is 1. The van der Waals surface area contributed by atoms with Gasteiger partial charge in [-0.1, -0.05) is 21.8 Å². The SMILES string of the molecule is COc1cccc(-c2cc(CNC(=O)c3snnc3C)no2)c1. The van der Waals surface area contributed by atoms with E-state index in [4.69, 9.17) is 9.26 Å². The Bertz CT molecular complexity index is 828. The summed E-state index contributed by atoms with van der Waals surface area (Å²) in [4.78, 5) is 12.5. The van der Waals surface area contributed by atoms with Gasteiger partial charge in [-0.3, -0.25) is 4.79 Å². The highest BCUT2D eigenvalue weighted by Crippen LogP contribution is 2.24. The first-order valence-electron chi connectivity index (χ1n) is 6.84. The van der Waals surface area contributed by atoms with Gasteiger partial charge in [-0.2, -0.15) is 0 Å². The summed E-state index contributed by atoms with van der Waals surface area (Å²) < 4.78 is 14.2. The van der Waals surface area contributed by atoms with Gasteiger partial charge >= 0.3 is 0 Å². The van der Waals surface area contributed by atoms with Gasteiger partial charge < -0.3 is 14.6 Å². The molecule has 0 fully saturated rings. The second-order valence-electron chi connectivity index (χ2n) is 4.78. The van der Waals surface area contributed by atoms with Crippen LogP contribution in [0.15, 0.2) is 34.9 Å². The van der Waals surface area contributed by atoms with E-state index >= 15 is 0 Å². The van der Waals surface area contributed by atoms with E-state index in [2.05, 4.69) is 20.1 Å². The van der Waals surface area contributed by atoms with E-state index in [1.807, 2.05) is 24.3 Å². The predicted octanol–water partition coefficient (Wildman–Crippen LogP) is 2.44. The van der Waals surface area contributed by atoms with Gasteiger partial charge in [0, 0.05) is 11.6 Å². The first kappa shape index (κ1) is 15.2. The van der Waals surface area contributed by atoms with Crippen LogP contribution in [0.5, 0.6) is 5.75 Å². The first-order chi connectivity index (χ1) is 11.2. The van der Waals surface area contributed by atoms with Crippen molar-refractivity contribution in [2.24, 2.45) is 0 Å². The van der Waals surface area contributed by atoms with Crippen molar-refractivity contribution in [3.8, 4) is 17.1 Å². The number of carbonyl (C=O) groups is 1. The molecule has 1 aromatic carbocycles. The zero-order valence-corrected chi connectivity index (χ0v) is 13.4. The largest absolute Gasteiger partial charge is 0.497 e. The highest BCUT2D eigenvalue weighted by molar-refractivity contribution is 7.07. The quantitative estimate of drug-likeness (QED) is 0.773. The molecule has 0 saturated heterocycles. The van der Waals surface area contributed by atoms with Gasteiger partial charge in [0.15, 0.2) is 5.76 Å². The summed E-state index contributed by atoms with van der Waals surface area (Å²) in [5.74, 6) is 1.13. The van der Waals surface area contributed by atoms with Crippen molar-refractivity contribution in [3.05, 3.63) is 46.6 Å². The summed E-state index contributed by atoms with van der Waals surface area (Å²) in [7, 11) is 1.61. The Balaban J connectivity index is 1.68. The zero-order valence-electron chi connectivity index (χ0n) is 12.6. The normalized spacial score (nSPS) is 10.5. The van der Waals surface area contributed by atoms with Crippen molar-refractivity contribution in [1.29, 1.82) is 0 Å². The number of ether oxygens (including phenoxy) is 1. The van der Waals surface area contributed by atoms with Gasteiger partial charge in [-0.25, -0.2) is 0 Å². The molecule has 0 aliphatic heterocycles. The third kappa shape index (κ3) is 3.37. The molecule has 0 atom stereocenters. The number of methoxy groups -OCH3 is 1. The maximum absolute atomic E-state index is 12.0. The standard InChI is InChI=1S/C15H14N4O3S/c1-9-14(23-19-17-9)15(20)16-8-11-7-13(22-18-11)10-4-3-5-12(6-10)21-2/h3-7H,8H2,1-2H3,(H,16,20). The van der Waals surface area contributed by atoms with E-state index in [-0.39, 0.29) is 12.5 Å². The van der Waals surface area contributed by atoms with E-state index in [9.17, 15) is 4.79 Å². The number of aryl methyl sites for hydroxylation is 1. The summed E-state index contributed by atoms with van der Waals surface area (Å²) in [5.41, 5.74) is 2.10. The lowest BCUT2D eigenvalue weighted by atomic mass is 10.1. The number of hydrogen-bond donors (Lipinski definition) is 1. The van der Waals surface area contributed by atoms with Crippen LogP contribution in [0.1, 0.15) is 21.1 Å². The van der Waals surface area contributed by atoms with Gasteiger partial charge in [0.1, 0.15) is 16.3 Å². The molecule has 3 aromatic rings. The van der Waals surface area contributed by atoms with Crippen LogP contribution in [-0.4, -0.2) is 27.8 Å². The second-order valence-corrected chi connectivity index (χ2v) is 5.54. The minimum Gasteiger partial charge on any atom is -0.497 e. The molecular formula is C15H14N4O3S. The lowest BCUT2D eigenvalue weighted by Gasteiger charge is -2.00. The minimum absolute atomic E-state index is 0.219. The average Bonchev–Trinajstić information content (AvgIpc) is 3.21. The Kier molecular flexibility index (Phi) is 4.33. The molecule has 0 aliphatic rings. The van der Waals surface area contributed by atoms with Gasteiger partial charge in [-0.15, -0.1) is 5.10 Å². The van der Waals surface area contributed by atoms with Gasteiger partial charge in [0.25, 0.3) is 5.91 Å². The number of hydrogen-bond acceptors (Lipinski definition) is 7. The lowest BCUT2D eigenvalue weighted by molar-refractivity contribution is 0.0953. The van der Waals surface area contributed by atoms with Crippen LogP contribution in [-0.2, 0) is 6.54 Å². The summed E-state index contributed by atoms with van der Waals surface area (Å²) in [6.45, 7) is 2.01. The van der Waals surface area contributed by atoms with Gasteiger partial charge in [-0.05, 0) is 30.6 Å². The summed E-state index contributed by atoms with van der Waals surface area (Å²) in [6, 6.07) is 9.27. The van der Waals surface area contributed by atoms with Crippen molar-refractivity contribution < 1.29 is 14.1 Å². The number of carbonyl (C=O) groups excluding carboxylic acids is 1. The lowest BCUT2D eigenvalue weighted by Crippen LogP contribution is -2.22. The number of rotatable bonds is 5. The van der Waals surface area contributed by atoms with Crippen LogP contribution < -0.4 is 10.1 Å². The number of amides is 1. The topological polar surface area (TPSA) is 90.1 Å². The van der Waals surface area contributed by atoms with Crippen LogP contribution in [0.3, 0.4) is 0 Å². The fourth-order valence-electron chi connectivity index (χ4n) is 2.00. The van der Waals surface area contributed by atoms with Crippen molar-refractivity contribution in [3.63, 3.8) is 0 Å². The molecule has 0 bridgehead atoms. The minimum atomic E-state index is -0.219. The Morgan fingerprint density at radius 2 is 2.26 bits per heavy atom. The molecule has 0 saturated carbocycles. The molecule has 0 spiro atoms. The molecule has 1 amide bonds. The molecule has 8 heteroatoms. The van der Waals surface area contributed by atoms with Gasteiger partial charge in [0.05, 0.1) is 19.3 Å². The molecule has 0 unspecified atom stereocenters. The Morgan fingerprint density at radius 1 is 1.39 bits per heavy atom. The van der Waals surface area contributed by atoms with Crippen molar-refractivity contribution in [1.82, 2.24) is 20.1 Å². The van der Waals surface area contributed by atoms with E-state index < -0.39 is 0 Å². The van der Waals surface area contributed by atoms with Crippen LogP contribution in [0.25, 0.3) is 11.3 Å². The molecule has 1 N–H and O–H groups in total. The summed E-state index contributed by atoms with van der Waals surface area (Å²) >= 11 is 1.07.